The van der Waals surface area contributed by atoms with Crippen molar-refractivity contribution < 1.29 is 27.6 Å². The topological polar surface area (TPSA) is 120 Å². The predicted octanol–water partition coefficient (Wildman–Crippen LogP) is 5.44. The molecule has 4 aromatic rings. The van der Waals surface area contributed by atoms with Crippen molar-refractivity contribution >= 4 is 29.5 Å². The molecule has 13 heteroatoms. The highest BCUT2D eigenvalue weighted by molar-refractivity contribution is 6.05. The van der Waals surface area contributed by atoms with Gasteiger partial charge in [0.25, 0.3) is 5.91 Å². The minimum atomic E-state index is -4.56. The first kappa shape index (κ1) is 31.4. The molecule has 48 heavy (non-hydrogen) atoms. The molecule has 3 aliphatic heterocycles. The van der Waals surface area contributed by atoms with Crippen LogP contribution in [-0.4, -0.2) is 61.6 Å². The SMILES string of the molecule is O=C1CCC(N2Cc3cc(C4CCN(Cc5ccc(-c6ccc(Nc7nccc(C(F)(F)F)n7)nc6)cc5)CC4)ccc3C2=O)C(=O)N1. The van der Waals surface area contributed by atoms with Crippen LogP contribution >= 0.6 is 0 Å². The third kappa shape index (κ3) is 6.63. The van der Waals surface area contributed by atoms with E-state index in [-0.39, 0.29) is 24.2 Å². The number of imide groups is 1. The summed E-state index contributed by atoms with van der Waals surface area (Å²) in [6, 6.07) is 18.0. The van der Waals surface area contributed by atoms with Crippen molar-refractivity contribution in [2.24, 2.45) is 0 Å². The number of hydrogen-bond acceptors (Lipinski definition) is 8. The molecule has 2 aromatic heterocycles. The van der Waals surface area contributed by atoms with E-state index in [2.05, 4.69) is 48.7 Å². The summed E-state index contributed by atoms with van der Waals surface area (Å²) in [6.07, 6.45) is 0.733. The van der Waals surface area contributed by atoms with E-state index in [1.54, 1.807) is 17.2 Å². The minimum absolute atomic E-state index is 0.152. The highest BCUT2D eigenvalue weighted by atomic mass is 19.4. The average Bonchev–Trinajstić information content (AvgIpc) is 3.40. The van der Waals surface area contributed by atoms with Crippen LogP contribution in [0.5, 0.6) is 0 Å². The molecule has 2 aromatic carbocycles. The molecule has 1 unspecified atom stereocenters. The van der Waals surface area contributed by atoms with Crippen LogP contribution in [0.2, 0.25) is 0 Å². The second kappa shape index (κ2) is 12.8. The molecular weight excluding hydrogens is 623 g/mol. The molecule has 0 bridgehead atoms. The Morgan fingerprint density at radius 2 is 1.67 bits per heavy atom. The number of carbonyl (C=O) groups excluding carboxylic acids is 3. The Labute approximate surface area is 274 Å². The number of rotatable bonds is 7. The Morgan fingerprint density at radius 3 is 2.38 bits per heavy atom. The number of carbonyl (C=O) groups is 3. The highest BCUT2D eigenvalue weighted by Crippen LogP contribution is 2.34. The van der Waals surface area contributed by atoms with Gasteiger partial charge in [-0.25, -0.2) is 15.0 Å². The standard InChI is InChI=1S/C35H32F3N7O3/c36-35(37,38)29-11-14-39-34(41-29)42-30-9-6-25(18-40-30)22-3-1-21(2-4-22)19-44-15-12-23(13-16-44)24-5-7-27-26(17-24)20-45(33(27)48)28-8-10-31(46)43-32(28)47/h1-7,9,11,14,17-18,23,28H,8,10,12-13,15-16,19-20H2,(H,43,46,47)(H,39,40,41,42). The van der Waals surface area contributed by atoms with Crippen LogP contribution in [0.4, 0.5) is 24.9 Å². The van der Waals surface area contributed by atoms with Gasteiger partial charge < -0.3 is 10.2 Å². The van der Waals surface area contributed by atoms with Gasteiger partial charge in [0.2, 0.25) is 17.8 Å². The Balaban J connectivity index is 0.915. The van der Waals surface area contributed by atoms with E-state index >= 15 is 0 Å². The monoisotopic (exact) mass is 655 g/mol. The van der Waals surface area contributed by atoms with Gasteiger partial charge in [-0.2, -0.15) is 13.2 Å². The van der Waals surface area contributed by atoms with Crippen LogP contribution < -0.4 is 10.6 Å². The van der Waals surface area contributed by atoms with Gasteiger partial charge in [-0.1, -0.05) is 36.4 Å². The Kier molecular flexibility index (Phi) is 8.38. The number of nitrogens with zero attached hydrogens (tertiary/aromatic N) is 5. The maximum atomic E-state index is 13.1. The van der Waals surface area contributed by atoms with E-state index in [4.69, 9.17) is 0 Å². The number of anilines is 2. The summed E-state index contributed by atoms with van der Waals surface area (Å²) in [5.74, 6) is -0.302. The van der Waals surface area contributed by atoms with E-state index in [1.807, 2.05) is 30.3 Å². The zero-order valence-electron chi connectivity index (χ0n) is 25.8. The Bertz CT molecular complexity index is 1860. The van der Waals surface area contributed by atoms with Crippen molar-refractivity contribution in [1.29, 1.82) is 0 Å². The summed E-state index contributed by atoms with van der Waals surface area (Å²) in [4.78, 5) is 52.7. The molecule has 0 radical (unpaired) electrons. The van der Waals surface area contributed by atoms with Crippen LogP contribution in [0.1, 0.15) is 64.3 Å². The number of nitrogens with one attached hydrogen (secondary N) is 2. The first-order valence-corrected chi connectivity index (χ1v) is 15.8. The van der Waals surface area contributed by atoms with Gasteiger partial charge in [0.1, 0.15) is 17.6 Å². The van der Waals surface area contributed by atoms with Crippen molar-refractivity contribution in [3.8, 4) is 11.1 Å². The molecule has 246 valence electrons. The number of alkyl halides is 3. The minimum Gasteiger partial charge on any atom is -0.322 e. The molecule has 3 aliphatic rings. The molecule has 0 spiro atoms. The molecule has 5 heterocycles. The van der Waals surface area contributed by atoms with Crippen molar-refractivity contribution in [2.45, 2.75) is 56.9 Å². The summed E-state index contributed by atoms with van der Waals surface area (Å²) in [7, 11) is 0. The lowest BCUT2D eigenvalue weighted by Crippen LogP contribution is -2.52. The number of fused-ring (bicyclic) bond motifs is 1. The third-order valence-corrected chi connectivity index (χ3v) is 9.25. The number of halogens is 3. The van der Waals surface area contributed by atoms with Gasteiger partial charge >= 0.3 is 6.18 Å². The fraction of sp³-hybridized carbons (Fsp3) is 0.314. The number of aromatic nitrogens is 3. The average molecular weight is 656 g/mol. The number of benzene rings is 2. The molecule has 3 amide bonds. The Hall–Kier alpha value is -5.17. The van der Waals surface area contributed by atoms with Gasteiger partial charge in [0.05, 0.1) is 0 Å². The van der Waals surface area contributed by atoms with Crippen LogP contribution in [0, 0.1) is 0 Å². The van der Waals surface area contributed by atoms with Crippen molar-refractivity contribution in [3.63, 3.8) is 0 Å². The van der Waals surface area contributed by atoms with Crippen LogP contribution in [0.25, 0.3) is 11.1 Å². The Morgan fingerprint density at radius 1 is 0.896 bits per heavy atom. The quantitative estimate of drug-likeness (QED) is 0.253. The molecule has 2 saturated heterocycles. The van der Waals surface area contributed by atoms with Crippen molar-refractivity contribution in [1.82, 2.24) is 30.1 Å². The molecule has 0 saturated carbocycles. The fourth-order valence-corrected chi connectivity index (χ4v) is 6.66. The fourth-order valence-electron chi connectivity index (χ4n) is 6.66. The number of likely N-dealkylation sites (tertiary alicyclic amines) is 1. The maximum Gasteiger partial charge on any atom is 0.433 e. The van der Waals surface area contributed by atoms with Gasteiger partial charge in [-0.3, -0.25) is 24.6 Å². The molecule has 7 rings (SSSR count). The zero-order chi connectivity index (χ0) is 33.4. The van der Waals surface area contributed by atoms with E-state index in [1.165, 1.54) is 11.1 Å². The molecule has 2 N–H and O–H groups in total. The lowest BCUT2D eigenvalue weighted by Gasteiger charge is -2.32. The lowest BCUT2D eigenvalue weighted by molar-refractivity contribution is -0.141. The van der Waals surface area contributed by atoms with Gasteiger partial charge in [0, 0.05) is 43.0 Å². The smallest absolute Gasteiger partial charge is 0.322 e. The number of hydrogen-bond donors (Lipinski definition) is 2. The van der Waals surface area contributed by atoms with Gasteiger partial charge in [-0.05, 0) is 84.8 Å². The summed E-state index contributed by atoms with van der Waals surface area (Å²) >= 11 is 0. The molecule has 0 aliphatic carbocycles. The van der Waals surface area contributed by atoms with Gasteiger partial charge in [-0.15, -0.1) is 0 Å². The van der Waals surface area contributed by atoms with Crippen LogP contribution in [-0.2, 0) is 28.9 Å². The second-order valence-corrected chi connectivity index (χ2v) is 12.4. The van der Waals surface area contributed by atoms with Crippen LogP contribution in [0.3, 0.4) is 0 Å². The first-order valence-electron chi connectivity index (χ1n) is 15.8. The maximum absolute atomic E-state index is 13.1. The van der Waals surface area contributed by atoms with E-state index in [0.29, 0.717) is 30.3 Å². The van der Waals surface area contributed by atoms with Crippen molar-refractivity contribution in [2.75, 3.05) is 18.4 Å². The van der Waals surface area contributed by atoms with Crippen molar-refractivity contribution in [3.05, 3.63) is 101 Å². The second-order valence-electron chi connectivity index (χ2n) is 12.4. The lowest BCUT2D eigenvalue weighted by atomic mass is 9.87. The predicted molar refractivity (Wildman–Crippen MR) is 170 cm³/mol. The molecule has 1 atom stereocenters. The van der Waals surface area contributed by atoms with Crippen LogP contribution in [0.15, 0.2) is 73.1 Å². The number of pyridine rings is 1. The summed E-state index contributed by atoms with van der Waals surface area (Å²) in [5, 5.41) is 5.07. The highest BCUT2D eigenvalue weighted by Gasteiger charge is 2.39. The van der Waals surface area contributed by atoms with E-state index in [0.717, 1.165) is 61.4 Å². The van der Waals surface area contributed by atoms with Gasteiger partial charge in [0.15, 0.2) is 0 Å². The number of piperidine rings is 2. The zero-order valence-corrected chi connectivity index (χ0v) is 25.8. The first-order chi connectivity index (χ1) is 23.1. The van der Waals surface area contributed by atoms with E-state index < -0.39 is 23.8 Å². The largest absolute Gasteiger partial charge is 0.433 e. The third-order valence-electron chi connectivity index (χ3n) is 9.25. The normalized spacial score (nSPS) is 18.9. The summed E-state index contributed by atoms with van der Waals surface area (Å²) in [6.45, 7) is 3.09. The molecule has 2 fully saturated rings. The molecular formula is C35H32F3N7O3. The molecule has 10 nitrogen and oxygen atoms in total. The van der Waals surface area contributed by atoms with E-state index in [9.17, 15) is 27.6 Å². The number of amides is 3. The summed E-state index contributed by atoms with van der Waals surface area (Å²) < 4.78 is 38.8. The summed E-state index contributed by atoms with van der Waals surface area (Å²) in [5.41, 5.74) is 4.79.